The number of nitrogens with one attached hydrogen (secondary N) is 1. The Labute approximate surface area is 150 Å². The minimum absolute atomic E-state index is 0.0628. The topological polar surface area (TPSA) is 79.6 Å². The van der Waals surface area contributed by atoms with Crippen LogP contribution in [-0.4, -0.2) is 50.2 Å². The predicted molar refractivity (Wildman–Crippen MR) is 95.8 cm³/mol. The van der Waals surface area contributed by atoms with Crippen molar-refractivity contribution in [3.05, 3.63) is 66.4 Å². The van der Waals surface area contributed by atoms with Gasteiger partial charge in [0.05, 0.1) is 5.56 Å². The molecule has 1 saturated heterocycles. The molecule has 0 radical (unpaired) electrons. The van der Waals surface area contributed by atoms with Gasteiger partial charge in [0.15, 0.2) is 0 Å². The molecule has 0 aliphatic carbocycles. The van der Waals surface area contributed by atoms with Crippen molar-refractivity contribution in [2.24, 2.45) is 0 Å². The van der Waals surface area contributed by atoms with E-state index >= 15 is 0 Å². The monoisotopic (exact) mass is 349 g/mol. The van der Waals surface area contributed by atoms with Crippen LogP contribution in [0.2, 0.25) is 0 Å². The molecule has 7 nitrogen and oxygen atoms in total. The number of amides is 2. The lowest BCUT2D eigenvalue weighted by Crippen LogP contribution is -2.46. The van der Waals surface area contributed by atoms with Crippen LogP contribution < -0.4 is 5.32 Å². The number of piperidine rings is 1. The maximum atomic E-state index is 12.7. The summed E-state index contributed by atoms with van der Waals surface area (Å²) in [4.78, 5) is 35.0. The second kappa shape index (κ2) is 6.95. The highest BCUT2D eigenvalue weighted by Gasteiger charge is 2.26. The van der Waals surface area contributed by atoms with Gasteiger partial charge < -0.3 is 14.6 Å². The number of likely N-dealkylation sites (tertiary alicyclic amines) is 1. The van der Waals surface area contributed by atoms with Crippen molar-refractivity contribution in [3.8, 4) is 0 Å². The molecule has 4 heterocycles. The Morgan fingerprint density at radius 1 is 1.12 bits per heavy atom. The third-order valence-electron chi connectivity index (χ3n) is 4.62. The third-order valence-corrected chi connectivity index (χ3v) is 4.62. The van der Waals surface area contributed by atoms with E-state index in [9.17, 15) is 9.59 Å². The fourth-order valence-electron chi connectivity index (χ4n) is 3.19. The molecule has 1 N–H and O–H groups in total. The number of hydrogen-bond acceptors (Lipinski definition) is 4. The summed E-state index contributed by atoms with van der Waals surface area (Å²) in [7, 11) is 0. The first-order valence-corrected chi connectivity index (χ1v) is 8.64. The number of pyridine rings is 2. The SMILES string of the molecule is O=C(NC1CCN(C(=O)c2cn3ccccc3n2)CC1)c1cccnc1. The van der Waals surface area contributed by atoms with Crippen LogP contribution in [0.3, 0.4) is 0 Å². The molecule has 132 valence electrons. The zero-order valence-electron chi connectivity index (χ0n) is 14.2. The van der Waals surface area contributed by atoms with Crippen LogP contribution in [0.4, 0.5) is 0 Å². The molecule has 0 bridgehead atoms. The van der Waals surface area contributed by atoms with E-state index in [1.807, 2.05) is 28.8 Å². The molecule has 1 aliphatic heterocycles. The lowest BCUT2D eigenvalue weighted by molar-refractivity contribution is 0.0693. The Bertz CT molecular complexity index is 896. The molecule has 2 amide bonds. The molecule has 4 rings (SSSR count). The largest absolute Gasteiger partial charge is 0.349 e. The number of fused-ring (bicyclic) bond motifs is 1. The minimum Gasteiger partial charge on any atom is -0.349 e. The molecule has 0 aromatic carbocycles. The molecule has 0 saturated carbocycles. The first-order chi connectivity index (χ1) is 12.7. The number of nitrogens with zero attached hydrogens (tertiary/aromatic N) is 4. The Morgan fingerprint density at radius 2 is 1.96 bits per heavy atom. The molecule has 0 unspecified atom stereocenters. The molecule has 26 heavy (non-hydrogen) atoms. The first kappa shape index (κ1) is 16.3. The Hall–Kier alpha value is -3.22. The van der Waals surface area contributed by atoms with Crippen molar-refractivity contribution in [2.75, 3.05) is 13.1 Å². The van der Waals surface area contributed by atoms with Gasteiger partial charge in [-0.3, -0.25) is 14.6 Å². The fourth-order valence-corrected chi connectivity index (χ4v) is 3.19. The highest BCUT2D eigenvalue weighted by atomic mass is 16.2. The highest BCUT2D eigenvalue weighted by Crippen LogP contribution is 2.15. The molecule has 3 aromatic heterocycles. The van der Waals surface area contributed by atoms with E-state index in [0.29, 0.717) is 24.3 Å². The average molecular weight is 349 g/mol. The number of carbonyl (C=O) groups excluding carboxylic acids is 2. The van der Waals surface area contributed by atoms with Crippen molar-refractivity contribution in [1.29, 1.82) is 0 Å². The van der Waals surface area contributed by atoms with E-state index in [1.165, 1.54) is 0 Å². The summed E-state index contributed by atoms with van der Waals surface area (Å²) in [5.74, 6) is -0.186. The normalized spacial score (nSPS) is 15.2. The molecule has 1 fully saturated rings. The summed E-state index contributed by atoms with van der Waals surface area (Å²) in [5.41, 5.74) is 1.76. The van der Waals surface area contributed by atoms with Gasteiger partial charge >= 0.3 is 0 Å². The second-order valence-electron chi connectivity index (χ2n) is 6.37. The summed E-state index contributed by atoms with van der Waals surface area (Å²) >= 11 is 0. The number of imidazole rings is 1. The van der Waals surface area contributed by atoms with Crippen molar-refractivity contribution in [3.63, 3.8) is 0 Å². The van der Waals surface area contributed by atoms with Gasteiger partial charge in [-0.1, -0.05) is 6.07 Å². The van der Waals surface area contributed by atoms with Crippen LogP contribution in [0, 0.1) is 0 Å². The number of hydrogen-bond donors (Lipinski definition) is 1. The average Bonchev–Trinajstić information content (AvgIpc) is 3.13. The van der Waals surface area contributed by atoms with Gasteiger partial charge in [-0.15, -0.1) is 0 Å². The van der Waals surface area contributed by atoms with Crippen LogP contribution in [-0.2, 0) is 0 Å². The highest BCUT2D eigenvalue weighted by molar-refractivity contribution is 5.94. The van der Waals surface area contributed by atoms with E-state index in [-0.39, 0.29) is 17.9 Å². The molecule has 0 atom stereocenters. The molecule has 1 aliphatic rings. The van der Waals surface area contributed by atoms with Crippen molar-refractivity contribution in [2.45, 2.75) is 18.9 Å². The molecule has 3 aromatic rings. The zero-order valence-corrected chi connectivity index (χ0v) is 14.2. The van der Waals surface area contributed by atoms with Crippen LogP contribution in [0.1, 0.15) is 33.7 Å². The van der Waals surface area contributed by atoms with Gasteiger partial charge in [0.1, 0.15) is 11.3 Å². The summed E-state index contributed by atoms with van der Waals surface area (Å²) in [6.45, 7) is 1.20. The summed E-state index contributed by atoms with van der Waals surface area (Å²) in [5, 5.41) is 3.02. The van der Waals surface area contributed by atoms with Gasteiger partial charge in [0.2, 0.25) is 0 Å². The smallest absolute Gasteiger partial charge is 0.274 e. The Morgan fingerprint density at radius 3 is 2.69 bits per heavy atom. The lowest BCUT2D eigenvalue weighted by atomic mass is 10.0. The molecular weight excluding hydrogens is 330 g/mol. The van der Waals surface area contributed by atoms with Crippen LogP contribution >= 0.6 is 0 Å². The number of aromatic nitrogens is 3. The van der Waals surface area contributed by atoms with Crippen LogP contribution in [0.15, 0.2) is 55.1 Å². The Kier molecular flexibility index (Phi) is 4.35. The van der Waals surface area contributed by atoms with Crippen molar-refractivity contribution < 1.29 is 9.59 Å². The van der Waals surface area contributed by atoms with Gasteiger partial charge in [-0.25, -0.2) is 4.98 Å². The van der Waals surface area contributed by atoms with E-state index in [1.54, 1.807) is 35.6 Å². The number of rotatable bonds is 3. The third kappa shape index (κ3) is 3.28. The van der Waals surface area contributed by atoms with Gasteiger partial charge in [0.25, 0.3) is 11.8 Å². The predicted octanol–water partition coefficient (Wildman–Crippen LogP) is 1.76. The van der Waals surface area contributed by atoms with E-state index in [4.69, 9.17) is 0 Å². The number of carbonyl (C=O) groups is 2. The maximum absolute atomic E-state index is 12.7. The van der Waals surface area contributed by atoms with Gasteiger partial charge in [0, 0.05) is 43.9 Å². The zero-order chi connectivity index (χ0) is 17.9. The van der Waals surface area contributed by atoms with Crippen molar-refractivity contribution >= 4 is 17.5 Å². The fraction of sp³-hybridized carbons (Fsp3) is 0.263. The van der Waals surface area contributed by atoms with Gasteiger partial charge in [-0.05, 0) is 37.1 Å². The summed E-state index contributed by atoms with van der Waals surface area (Å²) in [6, 6.07) is 9.21. The van der Waals surface area contributed by atoms with E-state index < -0.39 is 0 Å². The maximum Gasteiger partial charge on any atom is 0.274 e. The minimum atomic E-state index is -0.122. The summed E-state index contributed by atoms with van der Waals surface area (Å²) < 4.78 is 1.84. The quantitative estimate of drug-likeness (QED) is 0.781. The Balaban J connectivity index is 1.35. The summed E-state index contributed by atoms with van der Waals surface area (Å²) in [6.07, 6.45) is 8.28. The molecular formula is C19H19N5O2. The van der Waals surface area contributed by atoms with E-state index in [2.05, 4.69) is 15.3 Å². The van der Waals surface area contributed by atoms with Crippen LogP contribution in [0.25, 0.3) is 5.65 Å². The standard InChI is InChI=1S/C19H19N5O2/c25-18(14-4-3-8-20-12-14)21-15-6-10-23(11-7-15)19(26)16-13-24-9-2-1-5-17(24)22-16/h1-5,8-9,12-13,15H,6-7,10-11H2,(H,21,25). The van der Waals surface area contributed by atoms with Crippen molar-refractivity contribution in [1.82, 2.24) is 24.6 Å². The molecule has 0 spiro atoms. The second-order valence-corrected chi connectivity index (χ2v) is 6.37. The first-order valence-electron chi connectivity index (χ1n) is 8.64. The van der Waals surface area contributed by atoms with Crippen LogP contribution in [0.5, 0.6) is 0 Å². The molecule has 7 heteroatoms. The van der Waals surface area contributed by atoms with Gasteiger partial charge in [-0.2, -0.15) is 0 Å². The van der Waals surface area contributed by atoms with E-state index in [0.717, 1.165) is 18.5 Å². The lowest BCUT2D eigenvalue weighted by Gasteiger charge is -2.32.